The fraction of sp³-hybridized carbons (Fsp3) is 0.571. The van der Waals surface area contributed by atoms with Gasteiger partial charge in [0.1, 0.15) is 0 Å². The molecular weight excluding hydrogens is 272 g/mol. The van der Waals surface area contributed by atoms with Gasteiger partial charge in [-0.15, -0.1) is 11.3 Å². The molecule has 3 rings (SSSR count). The van der Waals surface area contributed by atoms with Crippen molar-refractivity contribution in [2.45, 2.75) is 19.4 Å². The van der Waals surface area contributed by atoms with E-state index < -0.39 is 0 Å². The lowest BCUT2D eigenvalue weighted by atomic mass is 9.97. The van der Waals surface area contributed by atoms with E-state index in [9.17, 15) is 4.79 Å². The van der Waals surface area contributed by atoms with E-state index in [1.807, 2.05) is 12.4 Å². The van der Waals surface area contributed by atoms with Crippen LogP contribution in [0.15, 0.2) is 22.4 Å². The third-order valence-electron chi connectivity index (χ3n) is 3.94. The Kier molecular flexibility index (Phi) is 4.14. The van der Waals surface area contributed by atoms with E-state index in [4.69, 9.17) is 0 Å². The summed E-state index contributed by atoms with van der Waals surface area (Å²) in [5, 5.41) is 5.15. The lowest BCUT2D eigenvalue weighted by Crippen LogP contribution is -2.36. The van der Waals surface area contributed by atoms with Crippen LogP contribution in [-0.4, -0.2) is 41.0 Å². The first-order chi connectivity index (χ1) is 9.76. The van der Waals surface area contributed by atoms with Crippen LogP contribution in [0.1, 0.15) is 18.5 Å². The molecule has 0 unspecified atom stereocenters. The summed E-state index contributed by atoms with van der Waals surface area (Å²) < 4.78 is 1.60. The molecular formula is C14H20N4OS. The van der Waals surface area contributed by atoms with Crippen molar-refractivity contribution in [1.82, 2.24) is 19.6 Å². The second kappa shape index (κ2) is 6.03. The third kappa shape index (κ3) is 2.92. The number of aromatic nitrogens is 2. The molecule has 1 saturated heterocycles. The monoisotopic (exact) mass is 292 g/mol. The minimum Gasteiger partial charge on any atom is -0.319 e. The second-order valence-corrected chi connectivity index (χ2v) is 6.29. The van der Waals surface area contributed by atoms with E-state index in [-0.39, 0.29) is 5.56 Å². The van der Waals surface area contributed by atoms with Gasteiger partial charge < -0.3 is 5.32 Å². The molecule has 3 heterocycles. The van der Waals surface area contributed by atoms with Crippen LogP contribution in [0.25, 0.3) is 4.96 Å². The van der Waals surface area contributed by atoms with Crippen LogP contribution in [-0.2, 0) is 6.54 Å². The lowest BCUT2D eigenvalue weighted by molar-refractivity contribution is 0.175. The highest BCUT2D eigenvalue weighted by atomic mass is 32.1. The molecule has 0 radical (unpaired) electrons. The highest BCUT2D eigenvalue weighted by Crippen LogP contribution is 2.18. The van der Waals surface area contributed by atoms with Crippen LogP contribution in [0.2, 0.25) is 0 Å². The van der Waals surface area contributed by atoms with Gasteiger partial charge in [-0.05, 0) is 45.4 Å². The van der Waals surface area contributed by atoms with Crippen molar-refractivity contribution in [3.63, 3.8) is 0 Å². The van der Waals surface area contributed by atoms with E-state index in [0.29, 0.717) is 0 Å². The predicted molar refractivity (Wildman–Crippen MR) is 81.3 cm³/mol. The number of hydrogen-bond donors (Lipinski definition) is 1. The second-order valence-electron chi connectivity index (χ2n) is 5.42. The number of hydrogen-bond acceptors (Lipinski definition) is 5. The van der Waals surface area contributed by atoms with Gasteiger partial charge in [0.05, 0.1) is 5.69 Å². The van der Waals surface area contributed by atoms with E-state index in [1.165, 1.54) is 24.2 Å². The number of nitrogens with one attached hydrogen (secondary N) is 1. The summed E-state index contributed by atoms with van der Waals surface area (Å²) >= 11 is 1.51. The average Bonchev–Trinajstić information content (AvgIpc) is 2.90. The Bertz CT molecular complexity index is 627. The van der Waals surface area contributed by atoms with Crippen molar-refractivity contribution in [1.29, 1.82) is 0 Å². The standard InChI is InChI=1S/C14H20N4OS/c1-15-9-11-2-4-17(5-3-11)10-12-8-13(19)18-6-7-20-14(18)16-12/h6-8,11,15H,2-5,9-10H2,1H3. The minimum atomic E-state index is 0.0244. The summed E-state index contributed by atoms with van der Waals surface area (Å²) in [7, 11) is 2.01. The highest BCUT2D eigenvalue weighted by molar-refractivity contribution is 7.15. The molecule has 1 N–H and O–H groups in total. The first kappa shape index (κ1) is 13.7. The summed E-state index contributed by atoms with van der Waals surface area (Å²) in [6, 6.07) is 1.67. The molecule has 2 aromatic heterocycles. The van der Waals surface area contributed by atoms with Crippen LogP contribution in [0.5, 0.6) is 0 Å². The van der Waals surface area contributed by atoms with Crippen LogP contribution in [0, 0.1) is 5.92 Å². The summed E-state index contributed by atoms with van der Waals surface area (Å²) in [6.07, 6.45) is 4.23. The maximum atomic E-state index is 11.9. The molecule has 0 aliphatic carbocycles. The zero-order valence-corrected chi connectivity index (χ0v) is 12.5. The average molecular weight is 292 g/mol. The minimum absolute atomic E-state index is 0.0244. The molecule has 0 spiro atoms. The largest absolute Gasteiger partial charge is 0.319 e. The molecule has 0 saturated carbocycles. The van der Waals surface area contributed by atoms with Crippen LogP contribution in [0.4, 0.5) is 0 Å². The molecule has 6 heteroatoms. The Labute approximate surface area is 122 Å². The molecule has 1 aliphatic heterocycles. The van der Waals surface area contributed by atoms with Gasteiger partial charge in [0.15, 0.2) is 4.96 Å². The summed E-state index contributed by atoms with van der Waals surface area (Å²) in [5.74, 6) is 0.787. The predicted octanol–water partition coefficient (Wildman–Crippen LogP) is 1.19. The van der Waals surface area contributed by atoms with Crippen molar-refractivity contribution in [3.05, 3.63) is 33.7 Å². The van der Waals surface area contributed by atoms with Crippen LogP contribution < -0.4 is 10.9 Å². The Morgan fingerprint density at radius 1 is 1.45 bits per heavy atom. The van der Waals surface area contributed by atoms with Crippen LogP contribution in [0.3, 0.4) is 0 Å². The quantitative estimate of drug-likeness (QED) is 0.919. The number of fused-ring (bicyclic) bond motifs is 1. The molecule has 0 atom stereocenters. The van der Waals surface area contributed by atoms with Gasteiger partial charge in [-0.25, -0.2) is 4.98 Å². The van der Waals surface area contributed by atoms with Gasteiger partial charge in [0, 0.05) is 24.2 Å². The van der Waals surface area contributed by atoms with Gasteiger partial charge >= 0.3 is 0 Å². The first-order valence-electron chi connectivity index (χ1n) is 7.09. The summed E-state index contributed by atoms with van der Waals surface area (Å²) in [6.45, 7) is 4.08. The number of piperidine rings is 1. The molecule has 1 aliphatic rings. The smallest absolute Gasteiger partial charge is 0.258 e. The van der Waals surface area contributed by atoms with Gasteiger partial charge in [0.25, 0.3) is 5.56 Å². The maximum absolute atomic E-state index is 11.9. The van der Waals surface area contributed by atoms with Gasteiger partial charge in [-0.1, -0.05) is 0 Å². The molecule has 20 heavy (non-hydrogen) atoms. The molecule has 2 aromatic rings. The molecule has 5 nitrogen and oxygen atoms in total. The topological polar surface area (TPSA) is 49.6 Å². The molecule has 0 amide bonds. The number of thiazole rings is 1. The number of rotatable bonds is 4. The van der Waals surface area contributed by atoms with Gasteiger partial charge in [-0.2, -0.15) is 0 Å². The molecule has 108 valence electrons. The summed E-state index contributed by atoms with van der Waals surface area (Å²) in [5.41, 5.74) is 0.917. The van der Waals surface area contributed by atoms with E-state index in [2.05, 4.69) is 15.2 Å². The Morgan fingerprint density at radius 3 is 3.00 bits per heavy atom. The zero-order chi connectivity index (χ0) is 13.9. The van der Waals surface area contributed by atoms with E-state index in [0.717, 1.165) is 42.8 Å². The van der Waals surface area contributed by atoms with Crippen molar-refractivity contribution >= 4 is 16.3 Å². The van der Waals surface area contributed by atoms with Crippen molar-refractivity contribution in [2.24, 2.45) is 5.92 Å². The normalized spacial score (nSPS) is 17.9. The van der Waals surface area contributed by atoms with Crippen molar-refractivity contribution < 1.29 is 0 Å². The van der Waals surface area contributed by atoms with E-state index >= 15 is 0 Å². The third-order valence-corrected chi connectivity index (χ3v) is 4.70. The van der Waals surface area contributed by atoms with Gasteiger partial charge in [0.2, 0.25) is 0 Å². The summed E-state index contributed by atoms with van der Waals surface area (Å²) in [4.78, 5) is 19.7. The van der Waals surface area contributed by atoms with Gasteiger partial charge in [-0.3, -0.25) is 14.1 Å². The zero-order valence-electron chi connectivity index (χ0n) is 11.7. The van der Waals surface area contributed by atoms with Crippen molar-refractivity contribution in [3.8, 4) is 0 Å². The highest BCUT2D eigenvalue weighted by Gasteiger charge is 2.19. The Balaban J connectivity index is 1.66. The molecule has 0 aromatic carbocycles. The SMILES string of the molecule is CNCC1CCN(Cc2cc(=O)n3ccsc3n2)CC1. The Hall–Kier alpha value is -1.24. The van der Waals surface area contributed by atoms with Crippen LogP contribution >= 0.6 is 11.3 Å². The van der Waals surface area contributed by atoms with Crippen molar-refractivity contribution in [2.75, 3.05) is 26.7 Å². The lowest BCUT2D eigenvalue weighted by Gasteiger charge is -2.31. The first-order valence-corrected chi connectivity index (χ1v) is 7.97. The number of likely N-dealkylation sites (tertiary alicyclic amines) is 1. The fourth-order valence-corrected chi connectivity index (χ4v) is 3.57. The Morgan fingerprint density at radius 2 is 2.25 bits per heavy atom. The number of nitrogens with zero attached hydrogens (tertiary/aromatic N) is 3. The fourth-order valence-electron chi connectivity index (χ4n) is 2.84. The molecule has 0 bridgehead atoms. The molecule has 1 fully saturated rings. The maximum Gasteiger partial charge on any atom is 0.258 e. The van der Waals surface area contributed by atoms with E-state index in [1.54, 1.807) is 16.7 Å².